The van der Waals surface area contributed by atoms with Crippen molar-refractivity contribution in [2.75, 3.05) is 13.2 Å². The number of carbonyl (C=O) groups excluding carboxylic acids is 2. The van der Waals surface area contributed by atoms with E-state index in [4.69, 9.17) is 14.2 Å². The number of ketones is 1. The molecule has 0 saturated carbocycles. The Kier molecular flexibility index (Phi) is 6.94. The molecule has 0 N–H and O–H groups in total. The van der Waals surface area contributed by atoms with Crippen molar-refractivity contribution >= 4 is 11.8 Å². The Balaban J connectivity index is 1.81. The highest BCUT2D eigenvalue weighted by Crippen LogP contribution is 2.14. The van der Waals surface area contributed by atoms with E-state index in [1.165, 1.54) is 0 Å². The number of benzene rings is 1. The van der Waals surface area contributed by atoms with Crippen LogP contribution in [0, 0.1) is 0 Å². The van der Waals surface area contributed by atoms with Gasteiger partial charge in [0.25, 0.3) is 0 Å². The van der Waals surface area contributed by atoms with Crippen molar-refractivity contribution < 1.29 is 23.8 Å². The lowest BCUT2D eigenvalue weighted by Crippen LogP contribution is -2.32. The van der Waals surface area contributed by atoms with Gasteiger partial charge in [-0.2, -0.15) is 0 Å². The fourth-order valence-electron chi connectivity index (χ4n) is 2.56. The maximum atomic E-state index is 12.3. The first-order valence-corrected chi connectivity index (χ1v) is 8.58. The molecule has 1 fully saturated rings. The molecule has 1 aliphatic heterocycles. The Labute approximate surface area is 143 Å². The summed E-state index contributed by atoms with van der Waals surface area (Å²) < 4.78 is 16.2. The molecule has 1 saturated heterocycles. The minimum atomic E-state index is -0.834. The van der Waals surface area contributed by atoms with Gasteiger partial charge in [0, 0.05) is 12.2 Å². The Morgan fingerprint density at radius 2 is 1.92 bits per heavy atom. The van der Waals surface area contributed by atoms with Gasteiger partial charge in [0.05, 0.1) is 12.7 Å². The van der Waals surface area contributed by atoms with Crippen molar-refractivity contribution in [3.8, 4) is 0 Å². The molecule has 3 unspecified atom stereocenters. The fourth-order valence-corrected chi connectivity index (χ4v) is 2.56. The van der Waals surface area contributed by atoms with Crippen molar-refractivity contribution in [1.29, 1.82) is 0 Å². The van der Waals surface area contributed by atoms with Crippen LogP contribution in [0.5, 0.6) is 0 Å². The normalized spacial score (nSPS) is 19.7. The van der Waals surface area contributed by atoms with Gasteiger partial charge in [-0.15, -0.1) is 0 Å². The lowest BCUT2D eigenvalue weighted by molar-refractivity contribution is -0.160. The lowest BCUT2D eigenvalue weighted by Gasteiger charge is -2.18. The smallest absolute Gasteiger partial charge is 0.335 e. The van der Waals surface area contributed by atoms with Gasteiger partial charge in [-0.05, 0) is 38.7 Å². The summed E-state index contributed by atoms with van der Waals surface area (Å²) in [5, 5.41) is 0. The average molecular weight is 334 g/mol. The molecule has 2 rings (SSSR count). The van der Waals surface area contributed by atoms with Crippen molar-refractivity contribution in [3.05, 3.63) is 35.4 Å². The Morgan fingerprint density at radius 1 is 1.21 bits per heavy atom. The van der Waals surface area contributed by atoms with Gasteiger partial charge < -0.3 is 14.2 Å². The number of hydrogen-bond donors (Lipinski definition) is 0. The standard InChI is InChI=1S/C19H26O5/c1-4-15-7-9-16(10-8-15)18(20)13(2)24-19(21)14(3)23-12-17-6-5-11-22-17/h7-10,13-14,17H,4-6,11-12H2,1-3H3. The molecule has 1 aliphatic rings. The number of esters is 1. The van der Waals surface area contributed by atoms with Crippen molar-refractivity contribution in [3.63, 3.8) is 0 Å². The van der Waals surface area contributed by atoms with Crippen LogP contribution in [0.3, 0.4) is 0 Å². The molecule has 24 heavy (non-hydrogen) atoms. The van der Waals surface area contributed by atoms with Gasteiger partial charge in [-0.1, -0.05) is 31.2 Å². The number of rotatable bonds is 8. The summed E-state index contributed by atoms with van der Waals surface area (Å²) in [7, 11) is 0. The monoisotopic (exact) mass is 334 g/mol. The molecule has 0 aromatic heterocycles. The highest BCUT2D eigenvalue weighted by molar-refractivity contribution is 6.00. The van der Waals surface area contributed by atoms with E-state index >= 15 is 0 Å². The summed E-state index contributed by atoms with van der Waals surface area (Å²) in [6, 6.07) is 7.36. The summed E-state index contributed by atoms with van der Waals surface area (Å²) in [5.74, 6) is -0.739. The summed E-state index contributed by atoms with van der Waals surface area (Å²) in [6.07, 6.45) is 1.39. The first kappa shape index (κ1) is 18.6. The Bertz CT molecular complexity index is 545. The summed E-state index contributed by atoms with van der Waals surface area (Å²) in [4.78, 5) is 24.4. The van der Waals surface area contributed by atoms with Crippen molar-refractivity contribution in [2.45, 2.75) is 58.3 Å². The maximum Gasteiger partial charge on any atom is 0.335 e. The third kappa shape index (κ3) is 5.14. The predicted molar refractivity (Wildman–Crippen MR) is 90.1 cm³/mol. The van der Waals surface area contributed by atoms with Crippen LogP contribution in [0.25, 0.3) is 0 Å². The second-order valence-electron chi connectivity index (χ2n) is 6.10. The van der Waals surface area contributed by atoms with Crippen LogP contribution < -0.4 is 0 Å². The first-order chi connectivity index (χ1) is 11.5. The van der Waals surface area contributed by atoms with Crippen LogP contribution in [0.1, 0.15) is 49.5 Å². The molecule has 0 radical (unpaired) electrons. The third-order valence-electron chi connectivity index (χ3n) is 4.20. The lowest BCUT2D eigenvalue weighted by atomic mass is 10.0. The largest absolute Gasteiger partial charge is 0.452 e. The molecule has 5 heteroatoms. The second-order valence-corrected chi connectivity index (χ2v) is 6.10. The van der Waals surface area contributed by atoms with E-state index in [0.717, 1.165) is 31.4 Å². The van der Waals surface area contributed by atoms with Crippen LogP contribution >= 0.6 is 0 Å². The molecular formula is C19H26O5. The highest BCUT2D eigenvalue weighted by atomic mass is 16.6. The zero-order valence-electron chi connectivity index (χ0n) is 14.6. The molecule has 132 valence electrons. The van der Waals surface area contributed by atoms with E-state index in [1.54, 1.807) is 26.0 Å². The molecule has 0 amide bonds. The number of hydrogen-bond acceptors (Lipinski definition) is 5. The molecule has 1 aromatic rings. The minimum absolute atomic E-state index is 0.0522. The van der Waals surface area contributed by atoms with E-state index in [1.807, 2.05) is 12.1 Å². The molecule has 1 heterocycles. The zero-order valence-corrected chi connectivity index (χ0v) is 14.6. The van der Waals surface area contributed by atoms with Gasteiger partial charge in [0.15, 0.2) is 12.2 Å². The van der Waals surface area contributed by atoms with Gasteiger partial charge in [0.1, 0.15) is 0 Å². The SMILES string of the molecule is CCc1ccc(C(=O)C(C)OC(=O)C(C)OCC2CCCO2)cc1. The number of ether oxygens (including phenoxy) is 3. The van der Waals surface area contributed by atoms with Crippen LogP contribution in [0.15, 0.2) is 24.3 Å². The summed E-state index contributed by atoms with van der Waals surface area (Å²) >= 11 is 0. The number of carbonyl (C=O) groups is 2. The molecule has 0 bridgehead atoms. The first-order valence-electron chi connectivity index (χ1n) is 8.58. The van der Waals surface area contributed by atoms with E-state index in [0.29, 0.717) is 12.2 Å². The van der Waals surface area contributed by atoms with Crippen molar-refractivity contribution in [2.24, 2.45) is 0 Å². The predicted octanol–water partition coefficient (Wildman–Crippen LogP) is 2.95. The summed E-state index contributed by atoms with van der Waals surface area (Å²) in [6.45, 7) is 6.39. The molecular weight excluding hydrogens is 308 g/mol. The van der Waals surface area contributed by atoms with Gasteiger partial charge in [-0.25, -0.2) is 4.79 Å². The molecule has 1 aromatic carbocycles. The average Bonchev–Trinajstić information content (AvgIpc) is 3.12. The van der Waals surface area contributed by atoms with Crippen molar-refractivity contribution in [1.82, 2.24) is 0 Å². The molecule has 0 spiro atoms. The number of Topliss-reactive ketones (excluding diaryl/α,β-unsaturated/α-hetero) is 1. The second kappa shape index (κ2) is 8.94. The van der Waals surface area contributed by atoms with Gasteiger partial charge in [-0.3, -0.25) is 4.79 Å². The highest BCUT2D eigenvalue weighted by Gasteiger charge is 2.25. The molecule has 3 atom stereocenters. The van der Waals surface area contributed by atoms with Crippen LogP contribution in [0.4, 0.5) is 0 Å². The van der Waals surface area contributed by atoms with E-state index in [2.05, 4.69) is 6.92 Å². The number of aryl methyl sites for hydroxylation is 1. The van der Waals surface area contributed by atoms with Gasteiger partial charge >= 0.3 is 5.97 Å². The Hall–Kier alpha value is -1.72. The molecule has 0 aliphatic carbocycles. The zero-order chi connectivity index (χ0) is 17.5. The Morgan fingerprint density at radius 3 is 2.50 bits per heavy atom. The topological polar surface area (TPSA) is 61.8 Å². The minimum Gasteiger partial charge on any atom is -0.452 e. The van der Waals surface area contributed by atoms with Crippen LogP contribution in [-0.2, 0) is 25.4 Å². The summed E-state index contributed by atoms with van der Waals surface area (Å²) in [5.41, 5.74) is 1.70. The van der Waals surface area contributed by atoms with Gasteiger partial charge in [0.2, 0.25) is 5.78 Å². The molecule has 5 nitrogen and oxygen atoms in total. The fraction of sp³-hybridized carbons (Fsp3) is 0.579. The quantitative estimate of drug-likeness (QED) is 0.540. The van der Waals surface area contributed by atoms with Crippen LogP contribution in [-0.4, -0.2) is 43.3 Å². The van der Waals surface area contributed by atoms with E-state index in [9.17, 15) is 9.59 Å². The van der Waals surface area contributed by atoms with E-state index < -0.39 is 18.2 Å². The maximum absolute atomic E-state index is 12.3. The third-order valence-corrected chi connectivity index (χ3v) is 4.20. The van der Waals surface area contributed by atoms with Crippen LogP contribution in [0.2, 0.25) is 0 Å². The van der Waals surface area contributed by atoms with E-state index in [-0.39, 0.29) is 11.9 Å².